The number of halogens is 1. The number of hydrogen-bond donors (Lipinski definition) is 3. The summed E-state index contributed by atoms with van der Waals surface area (Å²) >= 11 is 0. The molecule has 1 fully saturated rings. The lowest BCUT2D eigenvalue weighted by Crippen LogP contribution is -2.23. The van der Waals surface area contributed by atoms with Crippen molar-refractivity contribution in [2.45, 2.75) is 25.5 Å². The van der Waals surface area contributed by atoms with E-state index in [0.29, 0.717) is 5.69 Å². The first-order valence-electron chi connectivity index (χ1n) is 8.41. The Labute approximate surface area is 144 Å². The van der Waals surface area contributed by atoms with Crippen LogP contribution in [0.1, 0.15) is 25.0 Å². The van der Waals surface area contributed by atoms with Gasteiger partial charge in [-0.05, 0) is 43.7 Å². The van der Waals surface area contributed by atoms with E-state index in [9.17, 15) is 9.50 Å². The predicted molar refractivity (Wildman–Crippen MR) is 93.9 cm³/mol. The third-order valence-electron chi connectivity index (χ3n) is 4.52. The summed E-state index contributed by atoms with van der Waals surface area (Å²) in [6, 6.07) is 6.94. The zero-order valence-corrected chi connectivity index (χ0v) is 13.9. The molecule has 3 aromatic heterocycles. The Morgan fingerprint density at radius 2 is 2.24 bits per heavy atom. The molecule has 1 aliphatic heterocycles. The van der Waals surface area contributed by atoms with Crippen LogP contribution in [0.15, 0.2) is 36.7 Å². The van der Waals surface area contributed by atoms with Crippen LogP contribution >= 0.6 is 0 Å². The Kier molecular flexibility index (Phi) is 4.10. The first-order chi connectivity index (χ1) is 12.1. The Bertz CT molecular complexity index is 902. The largest absolute Gasteiger partial charge is 0.389 e. The molecule has 2 unspecified atom stereocenters. The van der Waals surface area contributed by atoms with Gasteiger partial charge in [-0.25, -0.2) is 14.4 Å². The van der Waals surface area contributed by atoms with Crippen LogP contribution in [-0.2, 0) is 0 Å². The minimum Gasteiger partial charge on any atom is -0.389 e. The van der Waals surface area contributed by atoms with E-state index in [4.69, 9.17) is 0 Å². The van der Waals surface area contributed by atoms with E-state index in [0.717, 1.165) is 36.4 Å². The molecule has 3 N–H and O–H groups in total. The van der Waals surface area contributed by atoms with Gasteiger partial charge >= 0.3 is 0 Å². The van der Waals surface area contributed by atoms with Crippen LogP contribution in [0.2, 0.25) is 0 Å². The maximum Gasteiger partial charge on any atom is 0.165 e. The summed E-state index contributed by atoms with van der Waals surface area (Å²) in [5.74, 6) is -0.109. The van der Waals surface area contributed by atoms with Crippen LogP contribution in [0, 0.1) is 5.82 Å². The number of fused-ring (bicyclic) bond motifs is 1. The lowest BCUT2D eigenvalue weighted by molar-refractivity contribution is 0.199. The minimum absolute atomic E-state index is 0.182. The highest BCUT2D eigenvalue weighted by atomic mass is 19.1. The van der Waals surface area contributed by atoms with Gasteiger partial charge in [-0.1, -0.05) is 6.07 Å². The molecule has 0 aliphatic carbocycles. The molecule has 25 heavy (non-hydrogen) atoms. The molecule has 0 amide bonds. The molecule has 3 aromatic rings. The zero-order valence-electron chi connectivity index (χ0n) is 13.9. The van der Waals surface area contributed by atoms with Crippen molar-refractivity contribution < 1.29 is 9.50 Å². The molecule has 1 saturated heterocycles. The number of hydrogen-bond acceptors (Lipinski definition) is 5. The Morgan fingerprint density at radius 3 is 3.00 bits per heavy atom. The summed E-state index contributed by atoms with van der Waals surface area (Å²) in [6.07, 6.45) is 3.91. The number of imidazole rings is 1. The van der Waals surface area contributed by atoms with E-state index in [1.54, 1.807) is 19.2 Å². The van der Waals surface area contributed by atoms with E-state index in [2.05, 4.69) is 20.6 Å². The molecule has 0 aromatic carbocycles. The molecule has 2 atom stereocenters. The Morgan fingerprint density at radius 1 is 1.36 bits per heavy atom. The third-order valence-corrected chi connectivity index (χ3v) is 4.52. The molecular weight excluding hydrogens is 321 g/mol. The van der Waals surface area contributed by atoms with Crippen molar-refractivity contribution in [2.75, 3.05) is 18.4 Å². The van der Waals surface area contributed by atoms with Gasteiger partial charge in [0.1, 0.15) is 5.65 Å². The molecule has 4 rings (SSSR count). The molecule has 0 radical (unpaired) electrons. The number of anilines is 1. The van der Waals surface area contributed by atoms with Crippen molar-refractivity contribution in [3.63, 3.8) is 0 Å². The van der Waals surface area contributed by atoms with Crippen molar-refractivity contribution in [2.24, 2.45) is 0 Å². The van der Waals surface area contributed by atoms with E-state index < -0.39 is 6.10 Å². The maximum atomic E-state index is 14.1. The molecule has 0 bridgehead atoms. The summed E-state index contributed by atoms with van der Waals surface area (Å²) in [4.78, 5) is 8.83. The third kappa shape index (κ3) is 3.08. The van der Waals surface area contributed by atoms with Crippen molar-refractivity contribution in [3.05, 3.63) is 48.0 Å². The fourth-order valence-corrected chi connectivity index (χ4v) is 3.09. The highest BCUT2D eigenvalue weighted by Crippen LogP contribution is 2.24. The highest BCUT2D eigenvalue weighted by Gasteiger charge is 2.18. The fraction of sp³-hybridized carbons (Fsp3) is 0.333. The zero-order chi connectivity index (χ0) is 17.4. The van der Waals surface area contributed by atoms with E-state index >= 15 is 0 Å². The van der Waals surface area contributed by atoms with Gasteiger partial charge in [-0.2, -0.15) is 0 Å². The number of nitrogens with one attached hydrogen (secondary N) is 2. The van der Waals surface area contributed by atoms with Gasteiger partial charge in [0.2, 0.25) is 0 Å². The van der Waals surface area contributed by atoms with Crippen LogP contribution in [0.3, 0.4) is 0 Å². The molecule has 4 heterocycles. The van der Waals surface area contributed by atoms with Gasteiger partial charge < -0.3 is 15.7 Å². The highest BCUT2D eigenvalue weighted by molar-refractivity contribution is 5.62. The van der Waals surface area contributed by atoms with Crippen LogP contribution in [-0.4, -0.2) is 38.6 Å². The van der Waals surface area contributed by atoms with Crippen molar-refractivity contribution in [1.82, 2.24) is 19.7 Å². The quantitative estimate of drug-likeness (QED) is 0.679. The normalized spacial score (nSPS) is 18.6. The van der Waals surface area contributed by atoms with Crippen LogP contribution < -0.4 is 10.6 Å². The maximum absolute atomic E-state index is 14.1. The SMILES string of the molecule is CC(O)c1ccc2ncc(-c3ccc(F)c(NC4CCNC4)n3)n2c1. The molecule has 0 saturated carbocycles. The monoisotopic (exact) mass is 341 g/mol. The first kappa shape index (κ1) is 16.0. The topological polar surface area (TPSA) is 74.5 Å². The first-order valence-corrected chi connectivity index (χ1v) is 8.41. The summed E-state index contributed by atoms with van der Waals surface area (Å²) in [5, 5.41) is 16.2. The van der Waals surface area contributed by atoms with E-state index in [1.807, 2.05) is 22.7 Å². The second kappa shape index (κ2) is 6.42. The van der Waals surface area contributed by atoms with E-state index in [-0.39, 0.29) is 17.7 Å². The number of aliphatic hydroxyl groups excluding tert-OH is 1. The van der Waals surface area contributed by atoms with Gasteiger partial charge in [0.25, 0.3) is 0 Å². The summed E-state index contributed by atoms with van der Waals surface area (Å²) in [6.45, 7) is 3.44. The number of aliphatic hydroxyl groups is 1. The van der Waals surface area contributed by atoms with Crippen LogP contribution in [0.25, 0.3) is 17.0 Å². The van der Waals surface area contributed by atoms with Crippen LogP contribution in [0.4, 0.5) is 10.2 Å². The smallest absolute Gasteiger partial charge is 0.165 e. The minimum atomic E-state index is -0.576. The number of pyridine rings is 2. The lowest BCUT2D eigenvalue weighted by atomic mass is 10.2. The second-order valence-electron chi connectivity index (χ2n) is 6.37. The molecule has 7 heteroatoms. The molecule has 1 aliphatic rings. The average Bonchev–Trinajstić information content (AvgIpc) is 3.25. The van der Waals surface area contributed by atoms with Gasteiger partial charge in [0.05, 0.1) is 23.7 Å². The molecule has 6 nitrogen and oxygen atoms in total. The van der Waals surface area contributed by atoms with Crippen molar-refractivity contribution in [1.29, 1.82) is 0 Å². The molecule has 0 spiro atoms. The fourth-order valence-electron chi connectivity index (χ4n) is 3.09. The Hall–Kier alpha value is -2.51. The summed E-state index contributed by atoms with van der Waals surface area (Å²) in [5.41, 5.74) is 2.92. The average molecular weight is 341 g/mol. The molecular formula is C18H20FN5O. The molecule has 130 valence electrons. The predicted octanol–water partition coefficient (Wildman–Crippen LogP) is 2.36. The van der Waals surface area contributed by atoms with Gasteiger partial charge in [0, 0.05) is 18.8 Å². The van der Waals surface area contributed by atoms with Crippen LogP contribution in [0.5, 0.6) is 0 Å². The lowest BCUT2D eigenvalue weighted by Gasteiger charge is -2.14. The summed E-state index contributed by atoms with van der Waals surface area (Å²) < 4.78 is 16.0. The number of nitrogens with zero attached hydrogens (tertiary/aromatic N) is 3. The van der Waals surface area contributed by atoms with Gasteiger partial charge in [-0.3, -0.25) is 4.40 Å². The standard InChI is InChI=1S/C18H20FN5O/c1-11(25)12-2-5-17-21-9-16(24(17)10-12)15-4-3-14(19)18(23-15)22-13-6-7-20-8-13/h2-5,9-11,13,20,25H,6-8H2,1H3,(H,22,23). The van der Waals surface area contributed by atoms with E-state index in [1.165, 1.54) is 6.07 Å². The summed E-state index contributed by atoms with van der Waals surface area (Å²) in [7, 11) is 0. The van der Waals surface area contributed by atoms with Gasteiger partial charge in [0.15, 0.2) is 11.6 Å². The number of rotatable bonds is 4. The second-order valence-corrected chi connectivity index (χ2v) is 6.37. The Balaban J connectivity index is 1.73. The van der Waals surface area contributed by atoms with Crippen molar-refractivity contribution >= 4 is 11.5 Å². The van der Waals surface area contributed by atoms with Crippen molar-refractivity contribution in [3.8, 4) is 11.4 Å². The number of aromatic nitrogens is 3. The van der Waals surface area contributed by atoms with Gasteiger partial charge in [-0.15, -0.1) is 0 Å².